The van der Waals surface area contributed by atoms with Crippen molar-refractivity contribution in [1.29, 1.82) is 0 Å². The molecule has 0 aromatic rings. The number of unbranched alkanes of at least 4 members (excludes halogenated alkanes) is 10. The van der Waals surface area contributed by atoms with Crippen LogP contribution < -0.4 is 0 Å². The van der Waals surface area contributed by atoms with Crippen LogP contribution >= 0.6 is 0 Å². The van der Waals surface area contributed by atoms with E-state index >= 15 is 0 Å². The summed E-state index contributed by atoms with van der Waals surface area (Å²) in [5.74, 6) is 0.228. The topological polar surface area (TPSA) is 26.3 Å². The Morgan fingerprint density at radius 3 is 1.65 bits per heavy atom. The molecule has 0 aromatic carbocycles. The molecular weight excluding hydrogens is 284 g/mol. The van der Waals surface area contributed by atoms with E-state index in [1.54, 1.807) is 0 Å². The number of hydrogen-bond acceptors (Lipinski definition) is 2. The van der Waals surface area contributed by atoms with E-state index in [0.29, 0.717) is 6.61 Å². The lowest BCUT2D eigenvalue weighted by molar-refractivity contribution is -0.149. The third-order valence-corrected chi connectivity index (χ3v) is 4.64. The summed E-state index contributed by atoms with van der Waals surface area (Å²) in [5, 5.41) is 0. The van der Waals surface area contributed by atoms with E-state index in [2.05, 4.69) is 20.8 Å². The summed E-state index contributed by atoms with van der Waals surface area (Å²) < 4.78 is 5.52. The highest BCUT2D eigenvalue weighted by atomic mass is 16.5. The number of esters is 1. The van der Waals surface area contributed by atoms with E-state index < -0.39 is 0 Å². The van der Waals surface area contributed by atoms with Gasteiger partial charge < -0.3 is 4.74 Å². The van der Waals surface area contributed by atoms with Gasteiger partial charge in [0.05, 0.1) is 12.5 Å². The molecule has 2 heteroatoms. The van der Waals surface area contributed by atoms with Gasteiger partial charge in [-0.15, -0.1) is 0 Å². The first-order chi connectivity index (χ1) is 11.3. The van der Waals surface area contributed by atoms with Crippen LogP contribution in [0.15, 0.2) is 0 Å². The maximum atomic E-state index is 12.3. The van der Waals surface area contributed by atoms with E-state index in [1.165, 1.54) is 70.6 Å². The molecule has 0 bridgehead atoms. The minimum atomic E-state index is 0.0751. The summed E-state index contributed by atoms with van der Waals surface area (Å²) in [6.07, 6.45) is 18.2. The lowest BCUT2D eigenvalue weighted by Gasteiger charge is -2.16. The second-order valence-corrected chi connectivity index (χ2v) is 6.98. The maximum absolute atomic E-state index is 12.3. The average molecular weight is 327 g/mol. The molecule has 0 N–H and O–H groups in total. The van der Waals surface area contributed by atoms with Gasteiger partial charge in [0, 0.05) is 0 Å². The van der Waals surface area contributed by atoms with Crippen molar-refractivity contribution in [3.63, 3.8) is 0 Å². The summed E-state index contributed by atoms with van der Waals surface area (Å²) in [4.78, 5) is 12.3. The van der Waals surface area contributed by atoms with Crippen molar-refractivity contribution in [2.75, 3.05) is 6.61 Å². The minimum absolute atomic E-state index is 0.0751. The molecule has 0 spiro atoms. The summed E-state index contributed by atoms with van der Waals surface area (Å²) in [6, 6.07) is 0. The molecule has 0 rings (SSSR count). The highest BCUT2D eigenvalue weighted by Gasteiger charge is 2.19. The van der Waals surface area contributed by atoms with E-state index in [4.69, 9.17) is 4.74 Å². The minimum Gasteiger partial charge on any atom is -0.465 e. The van der Waals surface area contributed by atoms with Gasteiger partial charge in [0.15, 0.2) is 0 Å². The monoisotopic (exact) mass is 326 g/mol. The molecule has 2 nitrogen and oxygen atoms in total. The Morgan fingerprint density at radius 2 is 1.09 bits per heavy atom. The van der Waals surface area contributed by atoms with Crippen LogP contribution in [0.25, 0.3) is 0 Å². The molecule has 0 aliphatic heterocycles. The second kappa shape index (κ2) is 17.8. The molecule has 0 radical (unpaired) electrons. The molecule has 138 valence electrons. The molecular formula is C21H42O2. The van der Waals surface area contributed by atoms with Crippen LogP contribution in [-0.4, -0.2) is 12.6 Å². The van der Waals surface area contributed by atoms with Crippen LogP contribution in [0.3, 0.4) is 0 Å². The Morgan fingerprint density at radius 1 is 0.652 bits per heavy atom. The van der Waals surface area contributed by atoms with E-state index in [9.17, 15) is 4.79 Å². The van der Waals surface area contributed by atoms with Crippen molar-refractivity contribution in [1.82, 2.24) is 0 Å². The molecule has 1 unspecified atom stereocenters. The Hall–Kier alpha value is -0.530. The van der Waals surface area contributed by atoms with Crippen LogP contribution in [0.2, 0.25) is 0 Å². The largest absolute Gasteiger partial charge is 0.465 e. The van der Waals surface area contributed by atoms with Gasteiger partial charge >= 0.3 is 5.97 Å². The van der Waals surface area contributed by atoms with Crippen LogP contribution in [0.4, 0.5) is 0 Å². The van der Waals surface area contributed by atoms with Crippen LogP contribution in [0.1, 0.15) is 117 Å². The quantitative estimate of drug-likeness (QED) is 0.211. The highest BCUT2D eigenvalue weighted by Crippen LogP contribution is 2.20. The molecule has 0 saturated carbocycles. The van der Waals surface area contributed by atoms with E-state index in [1.807, 2.05) is 0 Å². The second-order valence-electron chi connectivity index (χ2n) is 6.98. The third kappa shape index (κ3) is 14.8. The van der Waals surface area contributed by atoms with Crippen molar-refractivity contribution in [2.45, 2.75) is 117 Å². The summed E-state index contributed by atoms with van der Waals surface area (Å²) in [7, 11) is 0. The normalized spacial score (nSPS) is 12.3. The van der Waals surface area contributed by atoms with Crippen molar-refractivity contribution in [3.8, 4) is 0 Å². The fraction of sp³-hybridized carbons (Fsp3) is 0.952. The van der Waals surface area contributed by atoms with Crippen molar-refractivity contribution >= 4 is 5.97 Å². The first-order valence-electron chi connectivity index (χ1n) is 10.4. The van der Waals surface area contributed by atoms with Crippen molar-refractivity contribution in [2.24, 2.45) is 5.92 Å². The van der Waals surface area contributed by atoms with Gasteiger partial charge in [-0.2, -0.15) is 0 Å². The smallest absolute Gasteiger partial charge is 0.308 e. The van der Waals surface area contributed by atoms with E-state index in [-0.39, 0.29) is 11.9 Å². The van der Waals surface area contributed by atoms with Crippen LogP contribution in [-0.2, 0) is 9.53 Å². The molecule has 1 atom stereocenters. The zero-order valence-corrected chi connectivity index (χ0v) is 16.2. The van der Waals surface area contributed by atoms with Gasteiger partial charge in [-0.25, -0.2) is 0 Å². The summed E-state index contributed by atoms with van der Waals surface area (Å²) >= 11 is 0. The zero-order valence-electron chi connectivity index (χ0n) is 16.2. The van der Waals surface area contributed by atoms with Crippen molar-refractivity contribution < 1.29 is 9.53 Å². The van der Waals surface area contributed by atoms with Crippen LogP contribution in [0, 0.1) is 5.92 Å². The Labute approximate surface area is 145 Å². The Balaban J connectivity index is 3.98. The SMILES string of the molecule is CCCCCCCCC(CCCCCC)C(=O)OCCCCC. The number of rotatable bonds is 17. The number of ether oxygens (including phenoxy) is 1. The predicted octanol–water partition coefficient (Wildman–Crippen LogP) is 7.06. The molecule has 0 amide bonds. The Bertz CT molecular complexity index is 250. The first-order valence-corrected chi connectivity index (χ1v) is 10.4. The van der Waals surface area contributed by atoms with Crippen molar-refractivity contribution in [3.05, 3.63) is 0 Å². The van der Waals surface area contributed by atoms with Crippen LogP contribution in [0.5, 0.6) is 0 Å². The zero-order chi connectivity index (χ0) is 17.2. The average Bonchev–Trinajstić information content (AvgIpc) is 2.56. The highest BCUT2D eigenvalue weighted by molar-refractivity contribution is 5.72. The standard InChI is InChI=1S/C21H42O2/c1-4-7-10-12-13-15-18-20(17-14-11-8-5-2)21(22)23-19-16-9-6-3/h20H,4-19H2,1-3H3. The first kappa shape index (κ1) is 22.5. The maximum Gasteiger partial charge on any atom is 0.308 e. The molecule has 0 aliphatic carbocycles. The fourth-order valence-corrected chi connectivity index (χ4v) is 3.01. The summed E-state index contributed by atoms with van der Waals surface area (Å²) in [5.41, 5.74) is 0. The van der Waals surface area contributed by atoms with Gasteiger partial charge in [-0.05, 0) is 19.3 Å². The molecule has 0 saturated heterocycles. The van der Waals surface area contributed by atoms with Gasteiger partial charge in [-0.1, -0.05) is 97.8 Å². The third-order valence-electron chi connectivity index (χ3n) is 4.64. The molecule has 0 aliphatic rings. The molecule has 0 heterocycles. The molecule has 0 aromatic heterocycles. The Kier molecular flexibility index (Phi) is 17.4. The number of carbonyl (C=O) groups excluding carboxylic acids is 1. The fourth-order valence-electron chi connectivity index (χ4n) is 3.01. The lowest BCUT2D eigenvalue weighted by Crippen LogP contribution is -2.18. The number of hydrogen-bond donors (Lipinski definition) is 0. The lowest BCUT2D eigenvalue weighted by atomic mass is 9.94. The number of carbonyl (C=O) groups is 1. The predicted molar refractivity (Wildman–Crippen MR) is 101 cm³/mol. The molecule has 0 fully saturated rings. The molecule has 23 heavy (non-hydrogen) atoms. The van der Waals surface area contributed by atoms with Gasteiger partial charge in [0.1, 0.15) is 0 Å². The van der Waals surface area contributed by atoms with E-state index in [0.717, 1.165) is 25.7 Å². The van der Waals surface area contributed by atoms with Gasteiger partial charge in [0.25, 0.3) is 0 Å². The summed E-state index contributed by atoms with van der Waals surface area (Å²) in [6.45, 7) is 7.28. The van der Waals surface area contributed by atoms with Gasteiger partial charge in [0.2, 0.25) is 0 Å². The van der Waals surface area contributed by atoms with Gasteiger partial charge in [-0.3, -0.25) is 4.79 Å².